The molecule has 0 bridgehead atoms. The van der Waals surface area contributed by atoms with E-state index in [1.54, 1.807) is 11.8 Å². The molecule has 0 aliphatic carbocycles. The highest BCUT2D eigenvalue weighted by Gasteiger charge is 2.18. The molecule has 0 spiro atoms. The maximum atomic E-state index is 4.92. The summed E-state index contributed by atoms with van der Waals surface area (Å²) in [6, 6.07) is 19.0. The Kier molecular flexibility index (Phi) is 5.96. The number of rotatable bonds is 6. The van der Waals surface area contributed by atoms with Crippen LogP contribution in [-0.2, 0) is 5.75 Å². The third-order valence-corrected chi connectivity index (χ3v) is 6.61. The maximum absolute atomic E-state index is 4.92. The van der Waals surface area contributed by atoms with Gasteiger partial charge >= 0.3 is 0 Å². The lowest BCUT2D eigenvalue weighted by molar-refractivity contribution is 0.312. The molecular weight excluding hydrogens is 418 g/mol. The van der Waals surface area contributed by atoms with E-state index in [9.17, 15) is 0 Å². The number of piperazine rings is 1. The first-order valence-corrected chi connectivity index (χ1v) is 11.8. The van der Waals surface area contributed by atoms with E-state index in [1.165, 1.54) is 16.3 Å². The number of aromatic nitrogens is 4. The lowest BCUT2D eigenvalue weighted by Gasteiger charge is -2.33. The van der Waals surface area contributed by atoms with Crippen molar-refractivity contribution in [2.75, 3.05) is 43.4 Å². The molecule has 2 aromatic carbocycles. The Morgan fingerprint density at radius 2 is 1.78 bits per heavy atom. The van der Waals surface area contributed by atoms with E-state index in [4.69, 9.17) is 9.97 Å². The van der Waals surface area contributed by atoms with Gasteiger partial charge in [-0.25, -0.2) is 9.97 Å². The Labute approximate surface area is 192 Å². The Bertz CT molecular complexity index is 1210. The molecule has 0 atom stereocenters. The fourth-order valence-corrected chi connectivity index (χ4v) is 4.77. The van der Waals surface area contributed by atoms with Crippen LogP contribution >= 0.6 is 11.8 Å². The zero-order chi connectivity index (χ0) is 21.9. The molecule has 3 heterocycles. The average Bonchev–Trinajstić information content (AvgIpc) is 3.22. The van der Waals surface area contributed by atoms with Crippen molar-refractivity contribution in [2.45, 2.75) is 17.8 Å². The van der Waals surface area contributed by atoms with Crippen LogP contribution in [0.5, 0.6) is 0 Å². The molecule has 2 N–H and O–H groups in total. The first-order valence-electron chi connectivity index (χ1n) is 10.8. The Balaban J connectivity index is 1.42. The second-order valence-electron chi connectivity index (χ2n) is 8.17. The zero-order valence-electron chi connectivity index (χ0n) is 18.4. The summed E-state index contributed by atoms with van der Waals surface area (Å²) in [5.41, 5.74) is 2.30. The average molecular weight is 446 g/mol. The van der Waals surface area contributed by atoms with Gasteiger partial charge in [-0.3, -0.25) is 5.10 Å². The highest BCUT2D eigenvalue weighted by atomic mass is 32.2. The highest BCUT2D eigenvalue weighted by Crippen LogP contribution is 2.29. The van der Waals surface area contributed by atoms with E-state index in [2.05, 4.69) is 74.8 Å². The molecular formula is C24H27N7S. The van der Waals surface area contributed by atoms with Gasteiger partial charge in [0.25, 0.3) is 0 Å². The summed E-state index contributed by atoms with van der Waals surface area (Å²) in [7, 11) is 2.16. The van der Waals surface area contributed by atoms with Crippen LogP contribution in [-0.4, -0.2) is 58.3 Å². The third kappa shape index (κ3) is 4.71. The standard InChI is InChI=1S/C24H27N7S/c1-17-14-22(29-28-17)25-21-15-23(31-12-10-30(2)11-13-31)27-24(26-21)32-16-19-8-5-7-18-6-3-4-9-20(18)19/h3-9,14-15H,10-13,16H2,1-2H3,(H2,25,26,27,28,29). The van der Waals surface area contributed by atoms with Crippen molar-refractivity contribution in [1.82, 2.24) is 25.1 Å². The summed E-state index contributed by atoms with van der Waals surface area (Å²) in [6.07, 6.45) is 0. The number of hydrogen-bond acceptors (Lipinski definition) is 7. The molecule has 1 saturated heterocycles. The smallest absolute Gasteiger partial charge is 0.191 e. The molecule has 1 aliphatic rings. The van der Waals surface area contributed by atoms with Gasteiger partial charge in [-0.15, -0.1) is 0 Å². The van der Waals surface area contributed by atoms with Crippen molar-refractivity contribution < 1.29 is 0 Å². The van der Waals surface area contributed by atoms with Crippen molar-refractivity contribution in [3.8, 4) is 0 Å². The quantitative estimate of drug-likeness (QED) is 0.336. The van der Waals surface area contributed by atoms with Crippen LogP contribution in [0, 0.1) is 6.92 Å². The number of hydrogen-bond donors (Lipinski definition) is 2. The van der Waals surface area contributed by atoms with Gasteiger partial charge in [-0.05, 0) is 30.3 Å². The van der Waals surface area contributed by atoms with E-state index in [0.29, 0.717) is 0 Å². The topological polar surface area (TPSA) is 73.0 Å². The molecule has 2 aromatic heterocycles. The summed E-state index contributed by atoms with van der Waals surface area (Å²) in [4.78, 5) is 14.4. The van der Waals surface area contributed by atoms with Crippen molar-refractivity contribution in [3.63, 3.8) is 0 Å². The molecule has 0 amide bonds. The second kappa shape index (κ2) is 9.18. The minimum absolute atomic E-state index is 0.760. The minimum atomic E-state index is 0.760. The SMILES string of the molecule is Cc1cc(Nc2cc(N3CCN(C)CC3)nc(SCc3cccc4ccccc34)n2)n[nH]1. The van der Waals surface area contributed by atoms with Gasteiger partial charge in [0.05, 0.1) is 0 Å². The Hall–Kier alpha value is -3.10. The number of H-pyrrole nitrogens is 1. The van der Waals surface area contributed by atoms with Gasteiger partial charge < -0.3 is 15.1 Å². The summed E-state index contributed by atoms with van der Waals surface area (Å²) < 4.78 is 0. The van der Waals surface area contributed by atoms with Crippen LogP contribution in [0.15, 0.2) is 59.8 Å². The molecule has 8 heteroatoms. The first kappa shape index (κ1) is 20.8. The van der Waals surface area contributed by atoms with Gasteiger partial charge in [-0.1, -0.05) is 54.2 Å². The van der Waals surface area contributed by atoms with Crippen molar-refractivity contribution in [2.24, 2.45) is 0 Å². The van der Waals surface area contributed by atoms with Crippen LogP contribution in [0.4, 0.5) is 17.5 Å². The number of nitrogens with zero attached hydrogens (tertiary/aromatic N) is 5. The van der Waals surface area contributed by atoms with Crippen LogP contribution in [0.25, 0.3) is 10.8 Å². The molecule has 0 radical (unpaired) electrons. The normalized spacial score (nSPS) is 14.8. The van der Waals surface area contributed by atoms with Gasteiger partial charge in [0.15, 0.2) is 11.0 Å². The Morgan fingerprint density at radius 1 is 0.969 bits per heavy atom. The molecule has 32 heavy (non-hydrogen) atoms. The fourth-order valence-electron chi connectivity index (χ4n) is 3.91. The largest absolute Gasteiger partial charge is 0.354 e. The van der Waals surface area contributed by atoms with E-state index < -0.39 is 0 Å². The lowest BCUT2D eigenvalue weighted by Crippen LogP contribution is -2.44. The Morgan fingerprint density at radius 3 is 2.59 bits per heavy atom. The van der Waals surface area contributed by atoms with Gasteiger partial charge in [0.2, 0.25) is 0 Å². The lowest BCUT2D eigenvalue weighted by atomic mass is 10.1. The monoisotopic (exact) mass is 445 g/mol. The van der Waals surface area contributed by atoms with Crippen LogP contribution in [0.2, 0.25) is 0 Å². The molecule has 0 unspecified atom stereocenters. The van der Waals surface area contributed by atoms with E-state index >= 15 is 0 Å². The number of aromatic amines is 1. The minimum Gasteiger partial charge on any atom is -0.354 e. The predicted molar refractivity (Wildman–Crippen MR) is 132 cm³/mol. The van der Waals surface area contributed by atoms with Crippen LogP contribution in [0.3, 0.4) is 0 Å². The van der Waals surface area contributed by atoms with Crippen molar-refractivity contribution in [3.05, 3.63) is 65.9 Å². The number of likely N-dealkylation sites (N-methyl/N-ethyl adjacent to an activating group) is 1. The van der Waals surface area contributed by atoms with Gasteiger partial charge in [-0.2, -0.15) is 5.10 Å². The number of anilines is 3. The summed E-state index contributed by atoms with van der Waals surface area (Å²) in [6.45, 7) is 5.97. The molecule has 1 aliphatic heterocycles. The first-order chi connectivity index (χ1) is 15.6. The van der Waals surface area contributed by atoms with Crippen molar-refractivity contribution in [1.29, 1.82) is 0 Å². The fraction of sp³-hybridized carbons (Fsp3) is 0.292. The molecule has 164 valence electrons. The molecule has 1 fully saturated rings. The highest BCUT2D eigenvalue weighted by molar-refractivity contribution is 7.98. The molecule has 4 aromatic rings. The van der Waals surface area contributed by atoms with E-state index in [0.717, 1.165) is 60.2 Å². The number of fused-ring (bicyclic) bond motifs is 1. The number of nitrogens with one attached hydrogen (secondary N) is 2. The second-order valence-corrected chi connectivity index (χ2v) is 9.11. The molecule has 5 rings (SSSR count). The molecule has 7 nitrogen and oxygen atoms in total. The van der Waals surface area contributed by atoms with E-state index in [-0.39, 0.29) is 0 Å². The van der Waals surface area contributed by atoms with Crippen LogP contribution < -0.4 is 10.2 Å². The maximum Gasteiger partial charge on any atom is 0.191 e. The number of thioether (sulfide) groups is 1. The third-order valence-electron chi connectivity index (χ3n) is 5.72. The van der Waals surface area contributed by atoms with Crippen LogP contribution in [0.1, 0.15) is 11.3 Å². The number of aryl methyl sites for hydroxylation is 1. The summed E-state index contributed by atoms with van der Waals surface area (Å²) >= 11 is 1.67. The number of benzene rings is 2. The summed E-state index contributed by atoms with van der Waals surface area (Å²) in [5, 5.41) is 13.9. The van der Waals surface area contributed by atoms with Gasteiger partial charge in [0.1, 0.15) is 11.6 Å². The zero-order valence-corrected chi connectivity index (χ0v) is 19.2. The van der Waals surface area contributed by atoms with Gasteiger partial charge in [0, 0.05) is 49.8 Å². The predicted octanol–water partition coefficient (Wildman–Crippen LogP) is 4.45. The molecule has 0 saturated carbocycles. The van der Waals surface area contributed by atoms with Crippen molar-refractivity contribution >= 4 is 40.0 Å². The summed E-state index contributed by atoms with van der Waals surface area (Å²) in [5.74, 6) is 3.30. The van der Waals surface area contributed by atoms with E-state index in [1.807, 2.05) is 19.1 Å².